The van der Waals surface area contributed by atoms with E-state index in [9.17, 15) is 0 Å². The van der Waals surface area contributed by atoms with E-state index in [4.69, 9.17) is 5.73 Å². The molecule has 3 nitrogen and oxygen atoms in total. The number of benzene rings is 1. The topological polar surface area (TPSA) is 45.0 Å². The summed E-state index contributed by atoms with van der Waals surface area (Å²) in [5, 5.41) is 0. The molecule has 2 fully saturated rings. The van der Waals surface area contributed by atoms with Crippen LogP contribution in [-0.4, -0.2) is 22.5 Å². The van der Waals surface area contributed by atoms with Crippen LogP contribution < -0.4 is 5.73 Å². The van der Waals surface area contributed by atoms with Crippen molar-refractivity contribution in [2.75, 3.05) is 12.3 Å². The summed E-state index contributed by atoms with van der Waals surface area (Å²) in [4.78, 5) is 6.02. The number of nitrogens with one attached hydrogen (secondary N) is 1. The van der Waals surface area contributed by atoms with Crippen molar-refractivity contribution < 1.29 is 0 Å². The highest BCUT2D eigenvalue weighted by atomic mass is 15.2. The molecule has 2 aliphatic rings. The first-order chi connectivity index (χ1) is 10.8. The Hall–Kier alpha value is -1.74. The quantitative estimate of drug-likeness (QED) is 0.848. The van der Waals surface area contributed by atoms with E-state index >= 15 is 0 Å². The second-order valence-electron chi connectivity index (χ2n) is 7.07. The number of H-pyrrole nitrogens is 1. The van der Waals surface area contributed by atoms with E-state index in [0.29, 0.717) is 11.5 Å². The van der Waals surface area contributed by atoms with Gasteiger partial charge >= 0.3 is 0 Å². The van der Waals surface area contributed by atoms with Gasteiger partial charge in [0, 0.05) is 30.2 Å². The van der Waals surface area contributed by atoms with Crippen molar-refractivity contribution in [1.82, 2.24) is 9.88 Å². The predicted molar refractivity (Wildman–Crippen MR) is 90.6 cm³/mol. The molecule has 0 radical (unpaired) electrons. The van der Waals surface area contributed by atoms with Gasteiger partial charge in [0.05, 0.1) is 0 Å². The van der Waals surface area contributed by atoms with Gasteiger partial charge in [-0.1, -0.05) is 18.6 Å². The molecule has 2 atom stereocenters. The number of piperidine rings is 1. The summed E-state index contributed by atoms with van der Waals surface area (Å²) in [5.41, 5.74) is 10.1. The van der Waals surface area contributed by atoms with Crippen LogP contribution in [0.1, 0.15) is 43.4 Å². The number of hydrogen-bond acceptors (Lipinski definition) is 2. The van der Waals surface area contributed by atoms with Gasteiger partial charge in [-0.15, -0.1) is 0 Å². The van der Waals surface area contributed by atoms with Crippen molar-refractivity contribution in [1.29, 1.82) is 0 Å². The maximum Gasteiger partial charge on any atom is 0.0388 e. The van der Waals surface area contributed by atoms with E-state index in [2.05, 4.69) is 40.2 Å². The van der Waals surface area contributed by atoms with Crippen LogP contribution in [-0.2, 0) is 12.0 Å². The number of anilines is 1. The number of fused-ring (bicyclic) bond motifs is 2. The van der Waals surface area contributed by atoms with Crippen molar-refractivity contribution >= 4 is 5.69 Å². The third-order valence-electron chi connectivity index (χ3n) is 5.75. The molecule has 2 unspecified atom stereocenters. The molecule has 1 aromatic heterocycles. The maximum atomic E-state index is 6.03. The highest BCUT2D eigenvalue weighted by Crippen LogP contribution is 2.47. The van der Waals surface area contributed by atoms with Crippen LogP contribution in [0, 0.1) is 0 Å². The third kappa shape index (κ3) is 2.44. The summed E-state index contributed by atoms with van der Waals surface area (Å²) in [7, 11) is 0. The molecule has 1 saturated heterocycles. The van der Waals surface area contributed by atoms with Gasteiger partial charge in [-0.3, -0.25) is 4.90 Å². The molecular weight excluding hydrogens is 270 g/mol. The first-order valence-corrected chi connectivity index (χ1v) is 8.48. The minimum atomic E-state index is 0.366. The molecule has 0 amide bonds. The second kappa shape index (κ2) is 5.47. The van der Waals surface area contributed by atoms with Gasteiger partial charge in [0.15, 0.2) is 0 Å². The molecule has 3 N–H and O–H groups in total. The smallest absolute Gasteiger partial charge is 0.0388 e. The normalized spacial score (nSPS) is 28.6. The highest BCUT2D eigenvalue weighted by Gasteiger charge is 2.43. The number of nitrogens with two attached hydrogens (primary N) is 1. The number of nitrogens with zero attached hydrogens (tertiary/aromatic N) is 1. The molecular formula is C19H25N3. The number of aromatic nitrogens is 1. The summed E-state index contributed by atoms with van der Waals surface area (Å²) >= 11 is 0. The van der Waals surface area contributed by atoms with Crippen molar-refractivity contribution in [3.8, 4) is 0 Å². The Morgan fingerprint density at radius 1 is 1.23 bits per heavy atom. The zero-order chi connectivity index (χ0) is 15.0. The number of hydrogen-bond donors (Lipinski definition) is 2. The van der Waals surface area contributed by atoms with E-state index in [1.165, 1.54) is 49.9 Å². The maximum absolute atomic E-state index is 6.03. The molecule has 1 aliphatic carbocycles. The Balaban J connectivity index is 1.56. The first-order valence-electron chi connectivity index (χ1n) is 8.48. The van der Waals surface area contributed by atoms with Crippen molar-refractivity contribution in [3.05, 3.63) is 53.9 Å². The van der Waals surface area contributed by atoms with E-state index in [1.54, 1.807) is 0 Å². The fourth-order valence-corrected chi connectivity index (χ4v) is 4.58. The van der Waals surface area contributed by atoms with Crippen LogP contribution in [0.4, 0.5) is 5.69 Å². The van der Waals surface area contributed by atoms with Crippen LogP contribution in [0.3, 0.4) is 0 Å². The fourth-order valence-electron chi connectivity index (χ4n) is 4.58. The van der Waals surface area contributed by atoms with E-state index < -0.39 is 0 Å². The molecule has 116 valence electrons. The van der Waals surface area contributed by atoms with Crippen molar-refractivity contribution in [2.45, 2.75) is 50.1 Å². The standard InChI is InChI=1S/C19H25N3/c20-16-5-1-4-15(12-16)19-8-2-7-18(13-19)22(11-9-19)14-17-6-3-10-21-17/h1,3-6,10,12,18,21H,2,7-9,11,13-14,20H2. The van der Waals surface area contributed by atoms with E-state index in [-0.39, 0.29) is 0 Å². The van der Waals surface area contributed by atoms with Crippen LogP contribution in [0.25, 0.3) is 0 Å². The van der Waals surface area contributed by atoms with Crippen molar-refractivity contribution in [3.63, 3.8) is 0 Å². The van der Waals surface area contributed by atoms with Crippen LogP contribution in [0.15, 0.2) is 42.6 Å². The van der Waals surface area contributed by atoms with Gasteiger partial charge in [-0.25, -0.2) is 0 Å². The minimum absolute atomic E-state index is 0.366. The summed E-state index contributed by atoms with van der Waals surface area (Å²) < 4.78 is 0. The minimum Gasteiger partial charge on any atom is -0.399 e. The SMILES string of the molecule is Nc1cccc(C23CCCC(C2)N(Cc2ccc[nH]2)CC3)c1. The summed E-state index contributed by atoms with van der Waals surface area (Å²) in [6.07, 6.45) is 8.57. The van der Waals surface area contributed by atoms with Gasteiger partial charge in [-0.05, 0) is 67.5 Å². The first kappa shape index (κ1) is 13.9. The van der Waals surface area contributed by atoms with E-state index in [0.717, 1.165) is 12.2 Å². The zero-order valence-corrected chi connectivity index (χ0v) is 13.1. The Morgan fingerprint density at radius 3 is 3.00 bits per heavy atom. The zero-order valence-electron chi connectivity index (χ0n) is 13.1. The van der Waals surface area contributed by atoms with Crippen LogP contribution >= 0.6 is 0 Å². The summed E-state index contributed by atoms with van der Waals surface area (Å²) in [6, 6.07) is 13.6. The second-order valence-corrected chi connectivity index (χ2v) is 7.07. The largest absolute Gasteiger partial charge is 0.399 e. The molecule has 2 heterocycles. The molecule has 22 heavy (non-hydrogen) atoms. The lowest BCUT2D eigenvalue weighted by atomic mass is 9.63. The molecule has 1 aromatic carbocycles. The number of nitrogen functional groups attached to an aromatic ring is 1. The number of rotatable bonds is 3. The Kier molecular flexibility index (Phi) is 3.45. The van der Waals surface area contributed by atoms with Gasteiger partial charge in [-0.2, -0.15) is 0 Å². The number of likely N-dealkylation sites (tertiary alicyclic amines) is 1. The van der Waals surface area contributed by atoms with Gasteiger partial charge < -0.3 is 10.7 Å². The molecule has 1 saturated carbocycles. The molecule has 3 heteroatoms. The lowest BCUT2D eigenvalue weighted by Crippen LogP contribution is -2.51. The molecule has 1 aliphatic heterocycles. The number of aromatic amines is 1. The molecule has 0 spiro atoms. The van der Waals surface area contributed by atoms with Gasteiger partial charge in [0.2, 0.25) is 0 Å². The van der Waals surface area contributed by atoms with Crippen LogP contribution in [0.2, 0.25) is 0 Å². The molecule has 4 rings (SSSR count). The van der Waals surface area contributed by atoms with Crippen LogP contribution in [0.5, 0.6) is 0 Å². The van der Waals surface area contributed by atoms with Gasteiger partial charge in [0.1, 0.15) is 0 Å². The summed E-state index contributed by atoms with van der Waals surface area (Å²) in [5.74, 6) is 0. The third-order valence-corrected chi connectivity index (χ3v) is 5.75. The van der Waals surface area contributed by atoms with E-state index in [1.807, 2.05) is 12.3 Å². The van der Waals surface area contributed by atoms with Gasteiger partial charge in [0.25, 0.3) is 0 Å². The fraction of sp³-hybridized carbons (Fsp3) is 0.474. The molecule has 2 aromatic rings. The predicted octanol–water partition coefficient (Wildman–Crippen LogP) is 3.68. The average Bonchev–Trinajstić information content (AvgIpc) is 3.04. The van der Waals surface area contributed by atoms with Crippen molar-refractivity contribution in [2.24, 2.45) is 0 Å². The Labute approximate surface area is 132 Å². The lowest BCUT2D eigenvalue weighted by Gasteiger charge is -2.51. The Morgan fingerprint density at radius 2 is 2.18 bits per heavy atom. The average molecular weight is 295 g/mol. The lowest BCUT2D eigenvalue weighted by molar-refractivity contribution is 0.0451. The molecule has 2 bridgehead atoms. The summed E-state index contributed by atoms with van der Waals surface area (Å²) in [6.45, 7) is 2.25. The Bertz CT molecular complexity index is 634. The highest BCUT2D eigenvalue weighted by molar-refractivity contribution is 5.44. The monoisotopic (exact) mass is 295 g/mol.